The number of amides is 1. The van der Waals surface area contributed by atoms with Crippen molar-refractivity contribution in [2.45, 2.75) is 18.4 Å². The second-order valence-electron chi connectivity index (χ2n) is 6.10. The summed E-state index contributed by atoms with van der Waals surface area (Å²) in [4.78, 5) is 12.3. The van der Waals surface area contributed by atoms with Crippen LogP contribution in [0.3, 0.4) is 0 Å². The lowest BCUT2D eigenvalue weighted by Gasteiger charge is -2.13. The molecule has 0 atom stereocenters. The molecular formula is C20H20N2O5S. The molecule has 0 radical (unpaired) electrons. The number of benzene rings is 2. The van der Waals surface area contributed by atoms with E-state index in [1.807, 2.05) is 6.92 Å². The number of anilines is 1. The molecule has 146 valence electrons. The Morgan fingerprint density at radius 1 is 1.11 bits per heavy atom. The normalized spacial score (nSPS) is 11.1. The Hall–Kier alpha value is -3.26. The number of hydrogen-bond donors (Lipinski definition) is 2. The molecule has 0 aliphatic heterocycles. The number of carbonyl (C=O) groups excluding carboxylic acids is 1. The zero-order chi connectivity index (χ0) is 20.1. The monoisotopic (exact) mass is 400 g/mol. The molecule has 0 saturated heterocycles. The van der Waals surface area contributed by atoms with E-state index in [1.165, 1.54) is 31.6 Å². The van der Waals surface area contributed by atoms with Gasteiger partial charge >= 0.3 is 0 Å². The Balaban J connectivity index is 1.85. The number of sulfonamides is 1. The summed E-state index contributed by atoms with van der Waals surface area (Å²) in [6.45, 7) is 2.10. The fourth-order valence-electron chi connectivity index (χ4n) is 2.54. The molecule has 0 aliphatic rings. The van der Waals surface area contributed by atoms with Gasteiger partial charge in [0.1, 0.15) is 16.4 Å². The van der Waals surface area contributed by atoms with E-state index < -0.39 is 15.9 Å². The van der Waals surface area contributed by atoms with Crippen LogP contribution in [0, 0.1) is 6.92 Å². The van der Waals surface area contributed by atoms with Gasteiger partial charge in [0.05, 0.1) is 19.9 Å². The SMILES string of the molecule is COc1ccc(C(=O)NCc2ccco2)cc1S(=O)(=O)Nc1ccc(C)cc1. The summed E-state index contributed by atoms with van der Waals surface area (Å²) >= 11 is 0. The highest BCUT2D eigenvalue weighted by Crippen LogP contribution is 2.27. The summed E-state index contributed by atoms with van der Waals surface area (Å²) in [7, 11) is -2.58. The van der Waals surface area contributed by atoms with Crippen LogP contribution in [0.4, 0.5) is 5.69 Å². The lowest BCUT2D eigenvalue weighted by molar-refractivity contribution is 0.0947. The average molecular weight is 400 g/mol. The van der Waals surface area contributed by atoms with Crippen molar-refractivity contribution in [3.8, 4) is 5.75 Å². The van der Waals surface area contributed by atoms with Crippen LogP contribution in [0.15, 0.2) is 70.2 Å². The second kappa shape index (κ2) is 8.18. The van der Waals surface area contributed by atoms with E-state index in [2.05, 4.69) is 10.0 Å². The highest BCUT2D eigenvalue weighted by Gasteiger charge is 2.22. The summed E-state index contributed by atoms with van der Waals surface area (Å²) in [6.07, 6.45) is 1.51. The Bertz CT molecular complexity index is 1060. The summed E-state index contributed by atoms with van der Waals surface area (Å²) in [5, 5.41) is 2.68. The largest absolute Gasteiger partial charge is 0.495 e. The van der Waals surface area contributed by atoms with Crippen LogP contribution < -0.4 is 14.8 Å². The van der Waals surface area contributed by atoms with Crippen LogP contribution in [0.2, 0.25) is 0 Å². The van der Waals surface area contributed by atoms with E-state index in [0.29, 0.717) is 11.4 Å². The lowest BCUT2D eigenvalue weighted by atomic mass is 10.2. The van der Waals surface area contributed by atoms with Crippen LogP contribution in [-0.2, 0) is 16.6 Å². The zero-order valence-electron chi connectivity index (χ0n) is 15.4. The van der Waals surface area contributed by atoms with Crippen molar-refractivity contribution in [3.05, 3.63) is 77.7 Å². The third-order valence-electron chi connectivity index (χ3n) is 4.02. The van der Waals surface area contributed by atoms with Crippen LogP contribution >= 0.6 is 0 Å². The van der Waals surface area contributed by atoms with Gasteiger partial charge in [-0.1, -0.05) is 17.7 Å². The number of carbonyl (C=O) groups is 1. The molecule has 0 saturated carbocycles. The second-order valence-corrected chi connectivity index (χ2v) is 7.75. The zero-order valence-corrected chi connectivity index (χ0v) is 16.2. The predicted octanol–water partition coefficient (Wildman–Crippen LogP) is 3.33. The number of furan rings is 1. The Labute approximate surface area is 163 Å². The van der Waals surface area contributed by atoms with Gasteiger partial charge in [0.15, 0.2) is 0 Å². The number of rotatable bonds is 7. The molecule has 3 aromatic rings. The maximum absolute atomic E-state index is 12.8. The first-order valence-corrected chi connectivity index (χ1v) is 9.95. The number of nitrogens with one attached hydrogen (secondary N) is 2. The van der Waals surface area contributed by atoms with Gasteiger partial charge < -0.3 is 14.5 Å². The molecular weight excluding hydrogens is 380 g/mol. The van der Waals surface area contributed by atoms with Gasteiger partial charge in [-0.3, -0.25) is 9.52 Å². The number of hydrogen-bond acceptors (Lipinski definition) is 5. The standard InChI is InChI=1S/C20H20N2O5S/c1-14-5-8-16(9-6-14)22-28(24,25)19-12-15(7-10-18(19)26-2)20(23)21-13-17-4-3-11-27-17/h3-12,22H,13H2,1-2H3,(H,21,23). The third-order valence-corrected chi connectivity index (χ3v) is 5.42. The van der Waals surface area contributed by atoms with Crippen LogP contribution in [0.5, 0.6) is 5.75 Å². The first-order valence-electron chi connectivity index (χ1n) is 8.47. The van der Waals surface area contributed by atoms with E-state index in [4.69, 9.17) is 9.15 Å². The minimum atomic E-state index is -3.96. The van der Waals surface area contributed by atoms with E-state index >= 15 is 0 Å². The Morgan fingerprint density at radius 2 is 1.86 bits per heavy atom. The third kappa shape index (κ3) is 4.52. The first kappa shape index (κ1) is 19.5. The topological polar surface area (TPSA) is 97.6 Å². The van der Waals surface area contributed by atoms with Gasteiger partial charge in [-0.05, 0) is 49.4 Å². The Kier molecular flexibility index (Phi) is 5.70. The van der Waals surface area contributed by atoms with E-state index in [9.17, 15) is 13.2 Å². The minimum Gasteiger partial charge on any atom is -0.495 e. The molecule has 7 nitrogen and oxygen atoms in total. The molecule has 0 unspecified atom stereocenters. The molecule has 0 bridgehead atoms. The summed E-state index contributed by atoms with van der Waals surface area (Å²) < 4.78 is 38.5. The van der Waals surface area contributed by atoms with Crippen molar-refractivity contribution in [2.75, 3.05) is 11.8 Å². The average Bonchev–Trinajstić information content (AvgIpc) is 3.21. The molecule has 8 heteroatoms. The lowest BCUT2D eigenvalue weighted by Crippen LogP contribution is -2.23. The number of methoxy groups -OCH3 is 1. The quantitative estimate of drug-likeness (QED) is 0.634. The molecule has 3 rings (SSSR count). The van der Waals surface area contributed by atoms with Crippen molar-refractivity contribution < 1.29 is 22.4 Å². The van der Waals surface area contributed by atoms with Crippen LogP contribution in [-0.4, -0.2) is 21.4 Å². The van der Waals surface area contributed by atoms with Gasteiger partial charge in [-0.15, -0.1) is 0 Å². The van der Waals surface area contributed by atoms with Gasteiger partial charge in [0.2, 0.25) is 0 Å². The van der Waals surface area contributed by atoms with Gasteiger partial charge in [-0.25, -0.2) is 8.42 Å². The molecule has 0 spiro atoms. The van der Waals surface area contributed by atoms with E-state index in [1.54, 1.807) is 36.4 Å². The molecule has 1 aromatic heterocycles. The van der Waals surface area contributed by atoms with Crippen molar-refractivity contribution >= 4 is 21.6 Å². The molecule has 28 heavy (non-hydrogen) atoms. The molecule has 0 fully saturated rings. The molecule has 1 heterocycles. The Morgan fingerprint density at radius 3 is 2.50 bits per heavy atom. The smallest absolute Gasteiger partial charge is 0.265 e. The fraction of sp³-hybridized carbons (Fsp3) is 0.150. The van der Waals surface area contributed by atoms with Gasteiger partial charge in [0.25, 0.3) is 15.9 Å². The maximum atomic E-state index is 12.8. The van der Waals surface area contributed by atoms with Gasteiger partial charge in [0, 0.05) is 11.3 Å². The van der Waals surface area contributed by atoms with E-state index in [-0.39, 0.29) is 22.8 Å². The maximum Gasteiger partial charge on any atom is 0.265 e. The van der Waals surface area contributed by atoms with Crippen molar-refractivity contribution in [1.29, 1.82) is 0 Å². The van der Waals surface area contributed by atoms with Crippen molar-refractivity contribution in [3.63, 3.8) is 0 Å². The predicted molar refractivity (Wildman–Crippen MR) is 105 cm³/mol. The van der Waals surface area contributed by atoms with Crippen molar-refractivity contribution in [1.82, 2.24) is 5.32 Å². The van der Waals surface area contributed by atoms with Crippen LogP contribution in [0.25, 0.3) is 0 Å². The minimum absolute atomic E-state index is 0.124. The van der Waals surface area contributed by atoms with E-state index in [0.717, 1.165) is 5.56 Å². The first-order chi connectivity index (χ1) is 13.4. The number of ether oxygens (including phenoxy) is 1. The summed E-state index contributed by atoms with van der Waals surface area (Å²) in [5.74, 6) is 0.309. The summed E-state index contributed by atoms with van der Waals surface area (Å²) in [6, 6.07) is 14.6. The van der Waals surface area contributed by atoms with Gasteiger partial charge in [-0.2, -0.15) is 0 Å². The molecule has 1 amide bonds. The highest BCUT2D eigenvalue weighted by molar-refractivity contribution is 7.92. The molecule has 0 aliphatic carbocycles. The fourth-order valence-corrected chi connectivity index (χ4v) is 3.80. The molecule has 2 N–H and O–H groups in total. The molecule has 2 aromatic carbocycles. The number of aryl methyl sites for hydroxylation is 1. The summed E-state index contributed by atoms with van der Waals surface area (Å²) in [5.41, 5.74) is 1.62. The van der Waals surface area contributed by atoms with Crippen molar-refractivity contribution in [2.24, 2.45) is 0 Å². The highest BCUT2D eigenvalue weighted by atomic mass is 32.2. The van der Waals surface area contributed by atoms with Crippen LogP contribution in [0.1, 0.15) is 21.7 Å².